The van der Waals surface area contributed by atoms with Gasteiger partial charge in [0, 0.05) is 13.5 Å². The van der Waals surface area contributed by atoms with Gasteiger partial charge in [-0.25, -0.2) is 0 Å². The molecule has 0 aliphatic carbocycles. The maximum absolute atomic E-state index is 11.0. The van der Waals surface area contributed by atoms with E-state index in [1.807, 2.05) is 6.92 Å². The van der Waals surface area contributed by atoms with Gasteiger partial charge in [-0.15, -0.1) is 10.2 Å². The van der Waals surface area contributed by atoms with Crippen molar-refractivity contribution < 1.29 is 4.79 Å². The van der Waals surface area contributed by atoms with E-state index in [1.165, 1.54) is 6.92 Å². The van der Waals surface area contributed by atoms with Crippen LogP contribution >= 0.6 is 0 Å². The summed E-state index contributed by atoms with van der Waals surface area (Å²) in [6.45, 7) is 4.43. The summed E-state index contributed by atoms with van der Waals surface area (Å²) in [6.07, 6.45) is 2.02. The average Bonchev–Trinajstić information content (AvgIpc) is 2.49. The summed E-state index contributed by atoms with van der Waals surface area (Å²) < 4.78 is 2.07. The zero-order valence-electron chi connectivity index (χ0n) is 8.45. The highest BCUT2D eigenvalue weighted by Crippen LogP contribution is 2.23. The zero-order chi connectivity index (χ0) is 10.1. The minimum absolute atomic E-state index is 0.0101. The van der Waals surface area contributed by atoms with Crippen molar-refractivity contribution >= 4 is 5.91 Å². The fraction of sp³-hybridized carbons (Fsp3) is 0.667. The van der Waals surface area contributed by atoms with E-state index >= 15 is 0 Å². The Morgan fingerprint density at radius 3 is 3.07 bits per heavy atom. The lowest BCUT2D eigenvalue weighted by atomic mass is 10.1. The van der Waals surface area contributed by atoms with Gasteiger partial charge < -0.3 is 9.88 Å². The SMILES string of the molecule is CC(=O)NC1CCCn2c(C)nnc21. The molecule has 0 bridgehead atoms. The van der Waals surface area contributed by atoms with Crippen LogP contribution in [0.25, 0.3) is 0 Å². The lowest BCUT2D eigenvalue weighted by molar-refractivity contribution is -0.119. The molecule has 0 fully saturated rings. The number of hydrogen-bond acceptors (Lipinski definition) is 3. The molecule has 2 rings (SSSR count). The van der Waals surface area contributed by atoms with E-state index < -0.39 is 0 Å². The number of amides is 1. The molecule has 1 aromatic heterocycles. The molecule has 0 radical (unpaired) electrons. The lowest BCUT2D eigenvalue weighted by Crippen LogP contribution is -2.31. The summed E-state index contributed by atoms with van der Waals surface area (Å²) >= 11 is 0. The maximum atomic E-state index is 11.0. The third kappa shape index (κ3) is 1.49. The minimum atomic E-state index is -0.0101. The van der Waals surface area contributed by atoms with Crippen LogP contribution in [-0.2, 0) is 11.3 Å². The van der Waals surface area contributed by atoms with Gasteiger partial charge in [0.2, 0.25) is 5.91 Å². The summed E-state index contributed by atoms with van der Waals surface area (Å²) in [6, 6.07) is 0.0439. The van der Waals surface area contributed by atoms with E-state index in [4.69, 9.17) is 0 Å². The second kappa shape index (κ2) is 3.40. The summed E-state index contributed by atoms with van der Waals surface area (Å²) in [5.41, 5.74) is 0. The number of aryl methyl sites for hydroxylation is 1. The summed E-state index contributed by atoms with van der Waals surface area (Å²) in [7, 11) is 0. The first-order chi connectivity index (χ1) is 6.68. The Morgan fingerprint density at radius 1 is 1.57 bits per heavy atom. The summed E-state index contributed by atoms with van der Waals surface area (Å²) in [5, 5.41) is 11.0. The number of aromatic nitrogens is 3. The predicted octanol–water partition coefficient (Wildman–Crippen LogP) is 0.558. The van der Waals surface area contributed by atoms with Crippen molar-refractivity contribution in [3.63, 3.8) is 0 Å². The normalized spacial score (nSPS) is 20.3. The quantitative estimate of drug-likeness (QED) is 0.710. The number of carbonyl (C=O) groups excluding carboxylic acids is 1. The highest BCUT2D eigenvalue weighted by Gasteiger charge is 2.24. The first-order valence-corrected chi connectivity index (χ1v) is 4.85. The van der Waals surface area contributed by atoms with Crippen LogP contribution in [0.2, 0.25) is 0 Å². The van der Waals surface area contributed by atoms with Gasteiger partial charge in [0.25, 0.3) is 0 Å². The average molecular weight is 194 g/mol. The van der Waals surface area contributed by atoms with Crippen LogP contribution in [-0.4, -0.2) is 20.7 Å². The highest BCUT2D eigenvalue weighted by atomic mass is 16.1. The van der Waals surface area contributed by atoms with Crippen LogP contribution in [0.1, 0.15) is 37.5 Å². The Morgan fingerprint density at radius 2 is 2.36 bits per heavy atom. The molecular formula is C9H14N4O. The van der Waals surface area contributed by atoms with Gasteiger partial charge in [0.05, 0.1) is 6.04 Å². The van der Waals surface area contributed by atoms with Gasteiger partial charge in [-0.05, 0) is 19.8 Å². The molecule has 14 heavy (non-hydrogen) atoms. The highest BCUT2D eigenvalue weighted by molar-refractivity contribution is 5.73. The fourth-order valence-electron chi connectivity index (χ4n) is 1.90. The maximum Gasteiger partial charge on any atom is 0.217 e. The van der Waals surface area contributed by atoms with E-state index in [0.717, 1.165) is 31.0 Å². The van der Waals surface area contributed by atoms with Crippen molar-refractivity contribution in [3.05, 3.63) is 11.6 Å². The van der Waals surface area contributed by atoms with Gasteiger partial charge in [-0.1, -0.05) is 0 Å². The third-order valence-corrected chi connectivity index (χ3v) is 2.53. The second-order valence-corrected chi connectivity index (χ2v) is 3.65. The molecule has 5 heteroatoms. The van der Waals surface area contributed by atoms with Crippen LogP contribution in [0.3, 0.4) is 0 Å². The van der Waals surface area contributed by atoms with Crippen molar-refractivity contribution in [3.8, 4) is 0 Å². The molecule has 1 aliphatic heterocycles. The monoisotopic (exact) mass is 194 g/mol. The second-order valence-electron chi connectivity index (χ2n) is 3.65. The van der Waals surface area contributed by atoms with Crippen molar-refractivity contribution in [1.29, 1.82) is 0 Å². The van der Waals surface area contributed by atoms with Crippen LogP contribution in [0, 0.1) is 6.92 Å². The van der Waals surface area contributed by atoms with E-state index in [-0.39, 0.29) is 11.9 Å². The first-order valence-electron chi connectivity index (χ1n) is 4.85. The van der Waals surface area contributed by atoms with E-state index in [0.29, 0.717) is 0 Å². The standard InChI is InChI=1S/C9H14N4O/c1-6-11-12-9-8(10-7(2)14)4-3-5-13(6)9/h8H,3-5H2,1-2H3,(H,10,14). The first kappa shape index (κ1) is 9.18. The van der Waals surface area contributed by atoms with E-state index in [2.05, 4.69) is 20.1 Å². The zero-order valence-corrected chi connectivity index (χ0v) is 8.45. The predicted molar refractivity (Wildman–Crippen MR) is 50.6 cm³/mol. The van der Waals surface area contributed by atoms with Crippen LogP contribution < -0.4 is 5.32 Å². The van der Waals surface area contributed by atoms with Gasteiger partial charge in [0.1, 0.15) is 5.82 Å². The molecular weight excluding hydrogens is 180 g/mol. The van der Waals surface area contributed by atoms with Gasteiger partial charge >= 0.3 is 0 Å². The Kier molecular flexibility index (Phi) is 2.23. The molecule has 2 heterocycles. The fourth-order valence-corrected chi connectivity index (χ4v) is 1.90. The smallest absolute Gasteiger partial charge is 0.217 e. The Balaban J connectivity index is 2.27. The third-order valence-electron chi connectivity index (χ3n) is 2.53. The summed E-state index contributed by atoms with van der Waals surface area (Å²) in [4.78, 5) is 11.0. The van der Waals surface area contributed by atoms with Crippen molar-refractivity contribution in [2.45, 2.75) is 39.3 Å². The Bertz CT molecular complexity index is 358. The number of carbonyl (C=O) groups is 1. The molecule has 0 saturated carbocycles. The van der Waals surface area contributed by atoms with Gasteiger partial charge in [0.15, 0.2) is 5.82 Å². The Labute approximate surface area is 82.5 Å². The van der Waals surface area contributed by atoms with Gasteiger partial charge in [-0.3, -0.25) is 4.79 Å². The number of rotatable bonds is 1. The molecule has 76 valence electrons. The van der Waals surface area contributed by atoms with Crippen LogP contribution in [0.15, 0.2) is 0 Å². The van der Waals surface area contributed by atoms with Crippen molar-refractivity contribution in [2.24, 2.45) is 0 Å². The molecule has 1 unspecified atom stereocenters. The van der Waals surface area contributed by atoms with Crippen LogP contribution in [0.4, 0.5) is 0 Å². The molecule has 1 N–H and O–H groups in total. The number of hydrogen-bond donors (Lipinski definition) is 1. The van der Waals surface area contributed by atoms with E-state index in [1.54, 1.807) is 0 Å². The lowest BCUT2D eigenvalue weighted by Gasteiger charge is -2.23. The molecule has 1 amide bonds. The number of nitrogens with zero attached hydrogens (tertiary/aromatic N) is 3. The molecule has 1 aromatic rings. The summed E-state index contributed by atoms with van der Waals surface area (Å²) in [5.74, 6) is 1.81. The molecule has 5 nitrogen and oxygen atoms in total. The minimum Gasteiger partial charge on any atom is -0.346 e. The molecule has 1 atom stereocenters. The van der Waals surface area contributed by atoms with Crippen molar-refractivity contribution in [2.75, 3.05) is 0 Å². The Hall–Kier alpha value is -1.39. The topological polar surface area (TPSA) is 59.8 Å². The molecule has 1 aliphatic rings. The molecule has 0 spiro atoms. The largest absolute Gasteiger partial charge is 0.346 e. The van der Waals surface area contributed by atoms with Gasteiger partial charge in [-0.2, -0.15) is 0 Å². The molecule has 0 aromatic carbocycles. The van der Waals surface area contributed by atoms with Crippen LogP contribution in [0.5, 0.6) is 0 Å². The number of nitrogens with one attached hydrogen (secondary N) is 1. The molecule has 0 saturated heterocycles. The van der Waals surface area contributed by atoms with Crippen molar-refractivity contribution in [1.82, 2.24) is 20.1 Å². The van der Waals surface area contributed by atoms with E-state index in [9.17, 15) is 4.79 Å². The number of fused-ring (bicyclic) bond motifs is 1.